The lowest BCUT2D eigenvalue weighted by molar-refractivity contribution is -0.143. The number of benzene rings is 2. The first kappa shape index (κ1) is 27.0. The van der Waals surface area contributed by atoms with Crippen LogP contribution < -0.4 is 15.4 Å². The highest BCUT2D eigenvalue weighted by atomic mass is 16.6. The number of hydrogen-bond donors (Lipinski definition) is 2. The SMILES string of the molecule is CCc1ccc(C(C(=O)Nc2ccc(OC)cc2)N(C(=O)CNC(=O)OC(C)(C)C)C2CCC2)cc1. The van der Waals surface area contributed by atoms with Gasteiger partial charge in [0, 0.05) is 11.7 Å². The van der Waals surface area contributed by atoms with E-state index in [1.165, 1.54) is 0 Å². The van der Waals surface area contributed by atoms with Crippen LogP contribution in [0, 0.1) is 0 Å². The van der Waals surface area contributed by atoms with E-state index in [0.717, 1.165) is 36.8 Å². The van der Waals surface area contributed by atoms with Gasteiger partial charge in [-0.2, -0.15) is 0 Å². The number of amides is 3. The Morgan fingerprint density at radius 2 is 1.67 bits per heavy atom. The van der Waals surface area contributed by atoms with Gasteiger partial charge in [-0.15, -0.1) is 0 Å². The Hall–Kier alpha value is -3.55. The van der Waals surface area contributed by atoms with Crippen molar-refractivity contribution in [3.63, 3.8) is 0 Å². The van der Waals surface area contributed by atoms with Gasteiger partial charge in [-0.1, -0.05) is 31.2 Å². The van der Waals surface area contributed by atoms with E-state index in [4.69, 9.17) is 9.47 Å². The Morgan fingerprint density at radius 3 is 2.17 bits per heavy atom. The van der Waals surface area contributed by atoms with Crippen molar-refractivity contribution in [1.82, 2.24) is 10.2 Å². The molecule has 2 aromatic rings. The molecule has 36 heavy (non-hydrogen) atoms. The van der Waals surface area contributed by atoms with Crippen LogP contribution in [0.15, 0.2) is 48.5 Å². The third-order valence-electron chi connectivity index (χ3n) is 6.13. The molecule has 3 amide bonds. The average molecular weight is 496 g/mol. The minimum absolute atomic E-state index is 0.0876. The number of hydrogen-bond acceptors (Lipinski definition) is 5. The second kappa shape index (κ2) is 11.9. The summed E-state index contributed by atoms with van der Waals surface area (Å²) < 4.78 is 10.5. The summed E-state index contributed by atoms with van der Waals surface area (Å²) >= 11 is 0. The second-order valence-electron chi connectivity index (χ2n) is 9.96. The van der Waals surface area contributed by atoms with Gasteiger partial charge >= 0.3 is 6.09 Å². The number of aryl methyl sites for hydroxylation is 1. The summed E-state index contributed by atoms with van der Waals surface area (Å²) in [6.07, 6.45) is 2.79. The number of alkyl carbamates (subject to hydrolysis) is 1. The number of ether oxygens (including phenoxy) is 2. The molecule has 3 rings (SSSR count). The highest BCUT2D eigenvalue weighted by Gasteiger charge is 2.39. The fourth-order valence-electron chi connectivity index (χ4n) is 4.04. The van der Waals surface area contributed by atoms with Gasteiger partial charge < -0.3 is 25.0 Å². The predicted octanol–water partition coefficient (Wildman–Crippen LogP) is 4.84. The molecule has 1 aliphatic carbocycles. The quantitative estimate of drug-likeness (QED) is 0.519. The maximum Gasteiger partial charge on any atom is 0.408 e. The number of carbonyl (C=O) groups is 3. The molecule has 0 heterocycles. The minimum atomic E-state index is -0.851. The molecule has 0 bridgehead atoms. The first-order valence-corrected chi connectivity index (χ1v) is 12.4. The first-order valence-electron chi connectivity index (χ1n) is 12.4. The molecule has 8 nitrogen and oxygen atoms in total. The van der Waals surface area contributed by atoms with Gasteiger partial charge in [0.05, 0.1) is 7.11 Å². The van der Waals surface area contributed by atoms with E-state index in [9.17, 15) is 14.4 Å². The molecule has 2 aromatic carbocycles. The molecular formula is C28H37N3O5. The normalized spacial score (nSPS) is 14.2. The third-order valence-corrected chi connectivity index (χ3v) is 6.13. The molecule has 0 saturated heterocycles. The van der Waals surface area contributed by atoms with Gasteiger partial charge in [-0.25, -0.2) is 4.79 Å². The number of nitrogens with zero attached hydrogens (tertiary/aromatic N) is 1. The predicted molar refractivity (Wildman–Crippen MR) is 139 cm³/mol. The zero-order chi connectivity index (χ0) is 26.3. The van der Waals surface area contributed by atoms with Crippen LogP contribution in [0.3, 0.4) is 0 Å². The van der Waals surface area contributed by atoms with Gasteiger partial charge in [0.1, 0.15) is 23.9 Å². The van der Waals surface area contributed by atoms with Crippen LogP contribution in [0.2, 0.25) is 0 Å². The Morgan fingerprint density at radius 1 is 1.03 bits per heavy atom. The number of rotatable bonds is 9. The van der Waals surface area contributed by atoms with Crippen LogP contribution >= 0.6 is 0 Å². The topological polar surface area (TPSA) is 97.0 Å². The highest BCUT2D eigenvalue weighted by Crippen LogP contribution is 2.34. The summed E-state index contributed by atoms with van der Waals surface area (Å²) in [5.74, 6) is 0.0288. The fourth-order valence-corrected chi connectivity index (χ4v) is 4.04. The van der Waals surface area contributed by atoms with E-state index in [0.29, 0.717) is 11.4 Å². The van der Waals surface area contributed by atoms with Crippen LogP contribution in [0.4, 0.5) is 10.5 Å². The van der Waals surface area contributed by atoms with E-state index in [-0.39, 0.29) is 24.4 Å². The monoisotopic (exact) mass is 495 g/mol. The minimum Gasteiger partial charge on any atom is -0.497 e. The number of anilines is 1. The van der Waals surface area contributed by atoms with Crippen LogP contribution in [-0.2, 0) is 20.7 Å². The van der Waals surface area contributed by atoms with Crippen molar-refractivity contribution in [3.05, 3.63) is 59.7 Å². The van der Waals surface area contributed by atoms with Crippen molar-refractivity contribution >= 4 is 23.6 Å². The van der Waals surface area contributed by atoms with Gasteiger partial charge in [-0.05, 0) is 81.8 Å². The first-order chi connectivity index (χ1) is 17.1. The number of methoxy groups -OCH3 is 1. The van der Waals surface area contributed by atoms with Crippen molar-refractivity contribution in [2.75, 3.05) is 19.0 Å². The van der Waals surface area contributed by atoms with Crippen molar-refractivity contribution in [1.29, 1.82) is 0 Å². The van der Waals surface area contributed by atoms with Crippen molar-refractivity contribution in [2.24, 2.45) is 0 Å². The lowest BCUT2D eigenvalue weighted by Crippen LogP contribution is -2.53. The molecule has 0 aliphatic heterocycles. The zero-order valence-corrected chi connectivity index (χ0v) is 21.8. The zero-order valence-electron chi connectivity index (χ0n) is 21.8. The average Bonchev–Trinajstić information content (AvgIpc) is 2.80. The van der Waals surface area contributed by atoms with Crippen molar-refractivity contribution in [3.8, 4) is 5.75 Å². The summed E-state index contributed by atoms with van der Waals surface area (Å²) in [5, 5.41) is 5.50. The molecule has 2 N–H and O–H groups in total. The van der Waals surface area contributed by atoms with Crippen LogP contribution in [0.5, 0.6) is 5.75 Å². The molecule has 0 spiro atoms. The lowest BCUT2D eigenvalue weighted by atomic mass is 9.88. The van der Waals surface area contributed by atoms with Crippen molar-refractivity contribution < 1.29 is 23.9 Å². The van der Waals surface area contributed by atoms with Gasteiger partial charge in [0.25, 0.3) is 5.91 Å². The molecular weight excluding hydrogens is 458 g/mol. The summed E-state index contributed by atoms with van der Waals surface area (Å²) in [7, 11) is 1.58. The summed E-state index contributed by atoms with van der Waals surface area (Å²) in [4.78, 5) is 41.0. The van der Waals surface area contributed by atoms with Gasteiger partial charge in [-0.3, -0.25) is 9.59 Å². The Bertz CT molecular complexity index is 1040. The molecule has 1 aliphatic rings. The Balaban J connectivity index is 1.88. The van der Waals surface area contributed by atoms with E-state index in [2.05, 4.69) is 17.6 Å². The molecule has 0 aromatic heterocycles. The van der Waals surface area contributed by atoms with Gasteiger partial charge in [0.2, 0.25) is 5.91 Å². The summed E-state index contributed by atoms with van der Waals surface area (Å²) in [6.45, 7) is 7.08. The Kier molecular flexibility index (Phi) is 8.96. The fraction of sp³-hybridized carbons (Fsp3) is 0.464. The molecule has 194 valence electrons. The van der Waals surface area contributed by atoms with Gasteiger partial charge in [0.15, 0.2) is 0 Å². The van der Waals surface area contributed by atoms with Crippen LogP contribution in [-0.4, -0.2) is 48.1 Å². The van der Waals surface area contributed by atoms with E-state index < -0.39 is 17.7 Å². The van der Waals surface area contributed by atoms with Crippen LogP contribution in [0.1, 0.15) is 64.1 Å². The lowest BCUT2D eigenvalue weighted by Gasteiger charge is -2.42. The molecule has 0 radical (unpaired) electrons. The second-order valence-corrected chi connectivity index (χ2v) is 9.96. The highest BCUT2D eigenvalue weighted by molar-refractivity contribution is 5.98. The summed E-state index contributed by atoms with van der Waals surface area (Å²) in [6, 6.07) is 13.9. The largest absolute Gasteiger partial charge is 0.497 e. The molecule has 1 unspecified atom stereocenters. The standard InChI is InChI=1S/C28H37N3O5/c1-6-19-10-12-20(13-11-19)25(26(33)30-21-14-16-23(35-5)17-15-21)31(22-8-7-9-22)24(32)18-29-27(34)36-28(2,3)4/h10-17,22,25H,6-9,18H2,1-5H3,(H,29,34)(H,30,33). The maximum atomic E-state index is 13.7. The smallest absolute Gasteiger partial charge is 0.408 e. The number of nitrogens with one attached hydrogen (secondary N) is 2. The van der Waals surface area contributed by atoms with E-state index in [1.54, 1.807) is 57.0 Å². The molecule has 1 fully saturated rings. The maximum absolute atomic E-state index is 13.7. The van der Waals surface area contributed by atoms with E-state index in [1.807, 2.05) is 24.3 Å². The summed E-state index contributed by atoms with van der Waals surface area (Å²) in [5.41, 5.74) is 1.78. The molecule has 1 saturated carbocycles. The van der Waals surface area contributed by atoms with Crippen LogP contribution in [0.25, 0.3) is 0 Å². The van der Waals surface area contributed by atoms with E-state index >= 15 is 0 Å². The van der Waals surface area contributed by atoms with Crippen molar-refractivity contribution in [2.45, 2.75) is 71.1 Å². The molecule has 8 heteroatoms. The Labute approximate surface area is 213 Å². The third kappa shape index (κ3) is 7.23. The molecule has 1 atom stereocenters. The number of carbonyl (C=O) groups excluding carboxylic acids is 3.